The van der Waals surface area contributed by atoms with E-state index >= 15 is 0 Å². The highest BCUT2D eigenvalue weighted by Gasteiger charge is 2.40. The lowest BCUT2D eigenvalue weighted by Gasteiger charge is -2.36. The first-order valence-electron chi connectivity index (χ1n) is 8.48. The predicted molar refractivity (Wildman–Crippen MR) is 89.2 cm³/mol. The van der Waals surface area contributed by atoms with Crippen LogP contribution in [0.4, 0.5) is 5.69 Å². The molecule has 1 heterocycles. The normalized spacial score (nSPS) is 22.2. The van der Waals surface area contributed by atoms with Crippen LogP contribution >= 0.6 is 0 Å². The second-order valence-corrected chi connectivity index (χ2v) is 6.58. The molecule has 1 saturated heterocycles. The lowest BCUT2D eigenvalue weighted by atomic mass is 9.89. The summed E-state index contributed by atoms with van der Waals surface area (Å²) >= 11 is 0. The molecule has 0 bridgehead atoms. The summed E-state index contributed by atoms with van der Waals surface area (Å²) in [5, 5.41) is 6.54. The summed E-state index contributed by atoms with van der Waals surface area (Å²) in [6.07, 6.45) is 4.05. The number of carbonyl (C=O) groups excluding carboxylic acids is 1. The molecule has 2 fully saturated rings. The van der Waals surface area contributed by atoms with Gasteiger partial charge in [-0.15, -0.1) is 0 Å². The highest BCUT2D eigenvalue weighted by molar-refractivity contribution is 5.88. The number of ether oxygens (including phenoxy) is 2. The Kier molecular flexibility index (Phi) is 4.99. The molecule has 1 aliphatic carbocycles. The van der Waals surface area contributed by atoms with E-state index in [9.17, 15) is 4.79 Å². The van der Waals surface area contributed by atoms with E-state index in [1.54, 1.807) is 0 Å². The summed E-state index contributed by atoms with van der Waals surface area (Å²) in [6.45, 7) is 5.15. The Hall–Kier alpha value is -1.43. The van der Waals surface area contributed by atoms with Crippen molar-refractivity contribution in [3.63, 3.8) is 0 Å². The summed E-state index contributed by atoms with van der Waals surface area (Å²) in [5.41, 5.74) is 2.03. The van der Waals surface area contributed by atoms with Gasteiger partial charge in [-0.2, -0.15) is 0 Å². The lowest BCUT2D eigenvalue weighted by Crippen LogP contribution is -2.42. The third-order valence-corrected chi connectivity index (χ3v) is 4.75. The molecule has 1 saturated carbocycles. The second-order valence-electron chi connectivity index (χ2n) is 6.58. The minimum atomic E-state index is -0.299. The fraction of sp³-hybridized carbons (Fsp3) is 0.611. The molecule has 1 atom stereocenters. The van der Waals surface area contributed by atoms with Crippen LogP contribution in [0, 0.1) is 0 Å². The monoisotopic (exact) mass is 318 g/mol. The number of nitrogens with one attached hydrogen (secondary N) is 2. The lowest BCUT2D eigenvalue weighted by molar-refractivity contribution is -0.179. The molecule has 1 aromatic carbocycles. The highest BCUT2D eigenvalue weighted by atomic mass is 16.7. The molecule has 1 spiro atoms. The van der Waals surface area contributed by atoms with Crippen LogP contribution < -0.4 is 10.6 Å². The van der Waals surface area contributed by atoms with Crippen LogP contribution in [0.2, 0.25) is 0 Å². The molecule has 0 radical (unpaired) electrons. The number of amides is 1. The van der Waals surface area contributed by atoms with Crippen molar-refractivity contribution in [1.82, 2.24) is 5.32 Å². The van der Waals surface area contributed by atoms with Crippen LogP contribution in [-0.2, 0) is 14.3 Å². The van der Waals surface area contributed by atoms with Gasteiger partial charge in [-0.1, -0.05) is 12.1 Å². The van der Waals surface area contributed by atoms with Crippen molar-refractivity contribution >= 4 is 11.6 Å². The summed E-state index contributed by atoms with van der Waals surface area (Å²) in [7, 11) is 0. The maximum absolute atomic E-state index is 11.2. The van der Waals surface area contributed by atoms with E-state index in [0.29, 0.717) is 6.04 Å². The molecule has 1 amide bonds. The number of anilines is 1. The molecular formula is C18H26N2O3. The first kappa shape index (κ1) is 16.4. The first-order valence-corrected chi connectivity index (χ1v) is 8.48. The molecule has 23 heavy (non-hydrogen) atoms. The predicted octanol–water partition coefficient (Wildman–Crippen LogP) is 2.98. The number of hydrogen-bond donors (Lipinski definition) is 2. The largest absolute Gasteiger partial charge is 0.348 e. The van der Waals surface area contributed by atoms with Crippen molar-refractivity contribution in [3.8, 4) is 0 Å². The quantitative estimate of drug-likeness (QED) is 0.896. The van der Waals surface area contributed by atoms with Crippen molar-refractivity contribution in [1.29, 1.82) is 0 Å². The zero-order valence-corrected chi connectivity index (χ0v) is 13.9. The topological polar surface area (TPSA) is 59.6 Å². The molecular weight excluding hydrogens is 292 g/mol. The molecule has 0 aromatic heterocycles. The second kappa shape index (κ2) is 6.99. The zero-order chi connectivity index (χ0) is 16.3. The van der Waals surface area contributed by atoms with Crippen LogP contribution in [0.5, 0.6) is 0 Å². The van der Waals surface area contributed by atoms with E-state index in [2.05, 4.69) is 23.6 Å². The third kappa shape index (κ3) is 4.10. The smallest absolute Gasteiger partial charge is 0.221 e. The van der Waals surface area contributed by atoms with Gasteiger partial charge < -0.3 is 20.1 Å². The Bertz CT molecular complexity index is 545. The van der Waals surface area contributed by atoms with Crippen LogP contribution in [0.3, 0.4) is 0 Å². The van der Waals surface area contributed by atoms with Crippen molar-refractivity contribution in [2.45, 2.75) is 57.4 Å². The van der Waals surface area contributed by atoms with Crippen LogP contribution in [0.25, 0.3) is 0 Å². The van der Waals surface area contributed by atoms with Crippen molar-refractivity contribution in [2.75, 3.05) is 18.5 Å². The number of hydrogen-bond acceptors (Lipinski definition) is 4. The standard InChI is InChI=1S/C18H26N2O3/c1-13(15-4-3-5-17(12-15)20-14(2)21)19-16-6-8-18(9-7-16)22-10-11-23-18/h3-5,12-13,16,19H,6-11H2,1-2H3,(H,20,21). The fourth-order valence-electron chi connectivity index (χ4n) is 3.55. The van der Waals surface area contributed by atoms with Gasteiger partial charge in [0.05, 0.1) is 13.2 Å². The van der Waals surface area contributed by atoms with Gasteiger partial charge in [0.2, 0.25) is 5.91 Å². The molecule has 2 N–H and O–H groups in total. The van der Waals surface area contributed by atoms with Gasteiger partial charge in [0, 0.05) is 37.5 Å². The molecule has 3 rings (SSSR count). The van der Waals surface area contributed by atoms with Gasteiger partial charge in [0.25, 0.3) is 0 Å². The molecule has 5 heteroatoms. The third-order valence-electron chi connectivity index (χ3n) is 4.75. The van der Waals surface area contributed by atoms with Crippen molar-refractivity contribution in [3.05, 3.63) is 29.8 Å². The van der Waals surface area contributed by atoms with E-state index in [0.717, 1.165) is 44.6 Å². The zero-order valence-electron chi connectivity index (χ0n) is 13.9. The Labute approximate surface area is 137 Å². The fourth-order valence-corrected chi connectivity index (χ4v) is 3.55. The molecule has 5 nitrogen and oxygen atoms in total. The average molecular weight is 318 g/mol. The molecule has 1 aromatic rings. The van der Waals surface area contributed by atoms with Crippen molar-refractivity contribution in [2.24, 2.45) is 0 Å². The first-order chi connectivity index (χ1) is 11.1. The average Bonchev–Trinajstić information content (AvgIpc) is 2.98. The van der Waals surface area contributed by atoms with E-state index in [-0.39, 0.29) is 17.7 Å². The van der Waals surface area contributed by atoms with Crippen LogP contribution in [0.1, 0.15) is 51.1 Å². The SMILES string of the molecule is CC(=O)Nc1cccc(C(C)NC2CCC3(CC2)OCCO3)c1. The molecule has 1 aliphatic heterocycles. The molecule has 2 aliphatic rings. The Morgan fingerprint density at radius 2 is 1.96 bits per heavy atom. The van der Waals surface area contributed by atoms with Gasteiger partial charge >= 0.3 is 0 Å². The Morgan fingerprint density at radius 3 is 2.61 bits per heavy atom. The van der Waals surface area contributed by atoms with Crippen LogP contribution in [-0.4, -0.2) is 30.9 Å². The van der Waals surface area contributed by atoms with E-state index in [1.807, 2.05) is 18.2 Å². The highest BCUT2D eigenvalue weighted by Crippen LogP contribution is 2.36. The van der Waals surface area contributed by atoms with Gasteiger partial charge in [-0.3, -0.25) is 4.79 Å². The Balaban J connectivity index is 1.55. The Morgan fingerprint density at radius 1 is 1.26 bits per heavy atom. The van der Waals surface area contributed by atoms with E-state index < -0.39 is 0 Å². The summed E-state index contributed by atoms with van der Waals surface area (Å²) in [4.78, 5) is 11.2. The summed E-state index contributed by atoms with van der Waals surface area (Å²) < 4.78 is 11.6. The van der Waals surface area contributed by atoms with Gasteiger partial charge in [0.15, 0.2) is 5.79 Å². The summed E-state index contributed by atoms with van der Waals surface area (Å²) in [5.74, 6) is -0.343. The number of carbonyl (C=O) groups is 1. The number of benzene rings is 1. The van der Waals surface area contributed by atoms with Gasteiger partial charge in [-0.05, 0) is 37.5 Å². The van der Waals surface area contributed by atoms with Gasteiger partial charge in [0.1, 0.15) is 0 Å². The molecule has 126 valence electrons. The minimum absolute atomic E-state index is 0.0445. The van der Waals surface area contributed by atoms with Gasteiger partial charge in [-0.25, -0.2) is 0 Å². The minimum Gasteiger partial charge on any atom is -0.348 e. The van der Waals surface area contributed by atoms with E-state index in [1.165, 1.54) is 12.5 Å². The maximum Gasteiger partial charge on any atom is 0.221 e. The van der Waals surface area contributed by atoms with Crippen LogP contribution in [0.15, 0.2) is 24.3 Å². The number of rotatable bonds is 4. The summed E-state index contributed by atoms with van der Waals surface area (Å²) in [6, 6.07) is 8.75. The van der Waals surface area contributed by atoms with Crippen molar-refractivity contribution < 1.29 is 14.3 Å². The maximum atomic E-state index is 11.2. The molecule has 1 unspecified atom stereocenters. The van der Waals surface area contributed by atoms with E-state index in [4.69, 9.17) is 9.47 Å².